The number of unbranched alkanes of at least 4 members (excludes halogenated alkanes) is 33. The average Bonchev–Trinajstić information content (AvgIpc) is 3.34. The van der Waals surface area contributed by atoms with Crippen LogP contribution in [0.4, 0.5) is 0 Å². The van der Waals surface area contributed by atoms with E-state index in [0.717, 1.165) is 96.3 Å². The molecule has 68 heavy (non-hydrogen) atoms. The van der Waals surface area contributed by atoms with Crippen LogP contribution >= 0.6 is 0 Å². The lowest BCUT2D eigenvalue weighted by atomic mass is 10.0. The maximum atomic E-state index is 12.9. The largest absolute Gasteiger partial charge is 0.462 e. The van der Waals surface area contributed by atoms with E-state index >= 15 is 0 Å². The number of carbonyl (C=O) groups excluding carboxylic acids is 3. The first-order chi connectivity index (χ1) is 33.5. The molecule has 0 aromatic carbocycles. The maximum absolute atomic E-state index is 12.9. The van der Waals surface area contributed by atoms with Crippen molar-refractivity contribution in [2.45, 2.75) is 303 Å². The summed E-state index contributed by atoms with van der Waals surface area (Å²) in [6.45, 7) is 6.51. The van der Waals surface area contributed by atoms with Crippen LogP contribution in [0.3, 0.4) is 0 Å². The van der Waals surface area contributed by atoms with Crippen molar-refractivity contribution >= 4 is 17.9 Å². The van der Waals surface area contributed by atoms with Crippen LogP contribution in [0.5, 0.6) is 0 Å². The summed E-state index contributed by atoms with van der Waals surface area (Å²) in [6, 6.07) is 0. The van der Waals surface area contributed by atoms with Gasteiger partial charge in [-0.15, -0.1) is 0 Å². The molecule has 1 atom stereocenters. The number of hydrogen-bond donors (Lipinski definition) is 0. The van der Waals surface area contributed by atoms with E-state index in [1.807, 2.05) is 0 Å². The molecule has 6 heteroatoms. The number of allylic oxidation sites excluding steroid dienone is 10. The van der Waals surface area contributed by atoms with Gasteiger partial charge in [0.1, 0.15) is 13.2 Å². The van der Waals surface area contributed by atoms with E-state index in [-0.39, 0.29) is 31.1 Å². The highest BCUT2D eigenvalue weighted by Gasteiger charge is 2.19. The maximum Gasteiger partial charge on any atom is 0.306 e. The molecule has 0 saturated carbocycles. The van der Waals surface area contributed by atoms with E-state index in [1.54, 1.807) is 0 Å². The Balaban J connectivity index is 4.37. The fourth-order valence-corrected chi connectivity index (χ4v) is 8.39. The van der Waals surface area contributed by atoms with Gasteiger partial charge in [-0.1, -0.05) is 261 Å². The molecule has 0 spiro atoms. The molecule has 0 radical (unpaired) electrons. The van der Waals surface area contributed by atoms with Crippen LogP contribution in [-0.4, -0.2) is 37.2 Å². The molecule has 0 amide bonds. The smallest absolute Gasteiger partial charge is 0.306 e. The Morgan fingerprint density at radius 1 is 0.324 bits per heavy atom. The second-order valence-corrected chi connectivity index (χ2v) is 19.6. The van der Waals surface area contributed by atoms with E-state index in [4.69, 9.17) is 14.2 Å². The van der Waals surface area contributed by atoms with Crippen molar-refractivity contribution in [3.05, 3.63) is 60.8 Å². The monoisotopic (exact) mass is 951 g/mol. The van der Waals surface area contributed by atoms with Gasteiger partial charge in [-0.2, -0.15) is 0 Å². The van der Waals surface area contributed by atoms with Gasteiger partial charge in [0.25, 0.3) is 0 Å². The molecule has 394 valence electrons. The third-order valence-corrected chi connectivity index (χ3v) is 12.8. The van der Waals surface area contributed by atoms with Gasteiger partial charge in [-0.3, -0.25) is 14.4 Å². The third kappa shape index (κ3) is 54.1. The molecule has 0 N–H and O–H groups in total. The van der Waals surface area contributed by atoms with Gasteiger partial charge in [0.05, 0.1) is 0 Å². The van der Waals surface area contributed by atoms with Gasteiger partial charge < -0.3 is 14.2 Å². The van der Waals surface area contributed by atoms with E-state index in [9.17, 15) is 14.4 Å². The number of rotatable bonds is 53. The highest BCUT2D eigenvalue weighted by atomic mass is 16.6. The minimum atomic E-state index is -0.785. The minimum absolute atomic E-state index is 0.0809. The van der Waals surface area contributed by atoms with Crippen LogP contribution in [-0.2, 0) is 28.6 Å². The van der Waals surface area contributed by atoms with Crippen LogP contribution in [0, 0.1) is 0 Å². The molecule has 0 aliphatic rings. The second kappa shape index (κ2) is 56.7. The zero-order chi connectivity index (χ0) is 49.3. The number of esters is 3. The summed E-state index contributed by atoms with van der Waals surface area (Å²) in [6.07, 6.45) is 70.7. The molecule has 0 aliphatic carbocycles. The van der Waals surface area contributed by atoms with Crippen molar-refractivity contribution in [2.24, 2.45) is 0 Å². The summed E-state index contributed by atoms with van der Waals surface area (Å²) in [4.78, 5) is 38.2. The molecule has 0 fully saturated rings. The van der Waals surface area contributed by atoms with E-state index in [0.29, 0.717) is 19.3 Å². The van der Waals surface area contributed by atoms with Crippen molar-refractivity contribution in [3.8, 4) is 0 Å². The normalized spacial score (nSPS) is 12.5. The fraction of sp³-hybridized carbons (Fsp3) is 0.790. The van der Waals surface area contributed by atoms with Crippen molar-refractivity contribution < 1.29 is 28.6 Å². The number of ether oxygens (including phenoxy) is 3. The first-order valence-electron chi connectivity index (χ1n) is 29.3. The highest BCUT2D eigenvalue weighted by Crippen LogP contribution is 2.16. The average molecular weight is 952 g/mol. The zero-order valence-corrected chi connectivity index (χ0v) is 45.1. The van der Waals surface area contributed by atoms with Crippen molar-refractivity contribution in [1.82, 2.24) is 0 Å². The lowest BCUT2D eigenvalue weighted by molar-refractivity contribution is -0.167. The van der Waals surface area contributed by atoms with Crippen LogP contribution in [0.15, 0.2) is 60.8 Å². The topological polar surface area (TPSA) is 78.9 Å². The Morgan fingerprint density at radius 2 is 0.618 bits per heavy atom. The predicted octanol–water partition coefficient (Wildman–Crippen LogP) is 19.6. The summed E-state index contributed by atoms with van der Waals surface area (Å²) < 4.78 is 16.9. The predicted molar refractivity (Wildman–Crippen MR) is 293 cm³/mol. The van der Waals surface area contributed by atoms with Gasteiger partial charge >= 0.3 is 17.9 Å². The molecular formula is C62H110O6. The Kier molecular flexibility index (Phi) is 54.3. The summed E-state index contributed by atoms with van der Waals surface area (Å²) in [7, 11) is 0. The zero-order valence-electron chi connectivity index (χ0n) is 45.1. The summed E-state index contributed by atoms with van der Waals surface area (Å²) in [5.41, 5.74) is 0. The molecule has 0 rings (SSSR count). The standard InChI is InChI=1S/C62H110O6/c1-4-7-10-13-16-19-22-25-28-30-31-32-35-37-40-43-46-49-52-55-61(64)67-58-59(57-66-60(63)54-51-48-45-42-39-36-33-27-24-21-18-15-12-9-6-3)68-62(65)56-53-50-47-44-41-38-34-29-26-23-20-17-14-11-8-5-2/h8,11,17-18,20-21,24,26-27,29,59H,4-7,9-10,12-16,19,22-23,25,28,30-58H2,1-3H3/b11-8-,20-17-,21-18-,27-24-,29-26-. The summed E-state index contributed by atoms with van der Waals surface area (Å²) >= 11 is 0. The minimum Gasteiger partial charge on any atom is -0.462 e. The molecular weight excluding hydrogens is 841 g/mol. The van der Waals surface area contributed by atoms with Crippen LogP contribution in [0.1, 0.15) is 297 Å². The Labute approximate surface area is 421 Å². The molecule has 6 nitrogen and oxygen atoms in total. The third-order valence-electron chi connectivity index (χ3n) is 12.8. The van der Waals surface area contributed by atoms with Crippen molar-refractivity contribution in [1.29, 1.82) is 0 Å². The SMILES string of the molecule is CC/C=C\C/C=C\C/C=C\CCCCCCCCC(=O)OC(COC(=O)CCCCCCCC/C=C\C=C/CCCCC)COC(=O)CCCCCCCCCCCCCCCCCCCCC. The van der Waals surface area contributed by atoms with Gasteiger partial charge in [0.2, 0.25) is 0 Å². The van der Waals surface area contributed by atoms with Gasteiger partial charge in [0, 0.05) is 19.3 Å². The molecule has 0 aromatic heterocycles. The van der Waals surface area contributed by atoms with Crippen molar-refractivity contribution in [2.75, 3.05) is 13.2 Å². The molecule has 0 bridgehead atoms. The second-order valence-electron chi connectivity index (χ2n) is 19.6. The molecule has 0 heterocycles. The van der Waals surface area contributed by atoms with E-state index in [2.05, 4.69) is 81.5 Å². The van der Waals surface area contributed by atoms with Crippen LogP contribution in [0.2, 0.25) is 0 Å². The van der Waals surface area contributed by atoms with Crippen LogP contribution < -0.4 is 0 Å². The molecule has 0 aliphatic heterocycles. The quantitative estimate of drug-likeness (QED) is 0.0199. The first-order valence-corrected chi connectivity index (χ1v) is 29.3. The van der Waals surface area contributed by atoms with Gasteiger partial charge in [0.15, 0.2) is 6.10 Å². The van der Waals surface area contributed by atoms with E-state index in [1.165, 1.54) is 161 Å². The molecule has 1 unspecified atom stereocenters. The lowest BCUT2D eigenvalue weighted by Gasteiger charge is -2.18. The first kappa shape index (κ1) is 65.1. The molecule has 0 aromatic rings. The number of hydrogen-bond acceptors (Lipinski definition) is 6. The lowest BCUT2D eigenvalue weighted by Crippen LogP contribution is -2.30. The number of carbonyl (C=O) groups is 3. The summed E-state index contributed by atoms with van der Waals surface area (Å²) in [5.74, 6) is -0.893. The van der Waals surface area contributed by atoms with Crippen molar-refractivity contribution in [3.63, 3.8) is 0 Å². The Bertz CT molecular complexity index is 1230. The van der Waals surface area contributed by atoms with Gasteiger partial charge in [-0.25, -0.2) is 0 Å². The highest BCUT2D eigenvalue weighted by molar-refractivity contribution is 5.71. The molecule has 0 saturated heterocycles. The van der Waals surface area contributed by atoms with Gasteiger partial charge in [-0.05, 0) is 77.0 Å². The summed E-state index contributed by atoms with van der Waals surface area (Å²) in [5, 5.41) is 0. The van der Waals surface area contributed by atoms with Crippen LogP contribution in [0.25, 0.3) is 0 Å². The Morgan fingerprint density at radius 3 is 1.01 bits per heavy atom. The fourth-order valence-electron chi connectivity index (χ4n) is 8.39. The Hall–Kier alpha value is -2.89. The van der Waals surface area contributed by atoms with E-state index < -0.39 is 6.10 Å².